The Labute approximate surface area is 124 Å². The molecule has 7 heteroatoms. The molecule has 0 aliphatic heterocycles. The number of hydrogen-bond donors (Lipinski definition) is 0. The second-order valence-electron chi connectivity index (χ2n) is 4.04. The van der Waals surface area contributed by atoms with Crippen LogP contribution in [0.25, 0.3) is 0 Å². The quantitative estimate of drug-likeness (QED) is 0.272. The van der Waals surface area contributed by atoms with Gasteiger partial charge in [-0.1, -0.05) is 13.2 Å². The van der Waals surface area contributed by atoms with Crippen LogP contribution in [-0.4, -0.2) is 48.9 Å². The molecule has 0 bridgehead atoms. The molecule has 0 fully saturated rings. The van der Waals surface area contributed by atoms with E-state index in [1.165, 1.54) is 12.0 Å². The Hall–Kier alpha value is -2.15. The minimum Gasteiger partial charge on any atom is -0.469 e. The molecule has 2 atom stereocenters. The third-order valence-electron chi connectivity index (χ3n) is 2.64. The van der Waals surface area contributed by atoms with Crippen LogP contribution in [0.15, 0.2) is 25.3 Å². The maximum absolute atomic E-state index is 11.2. The summed E-state index contributed by atoms with van der Waals surface area (Å²) in [7, 11) is 1.27. The molecule has 0 aromatic carbocycles. The predicted molar refractivity (Wildman–Crippen MR) is 74.8 cm³/mol. The van der Waals surface area contributed by atoms with Crippen molar-refractivity contribution in [3.8, 4) is 0 Å². The zero-order valence-corrected chi connectivity index (χ0v) is 12.5. The summed E-state index contributed by atoms with van der Waals surface area (Å²) in [6, 6.07) is 0. The van der Waals surface area contributed by atoms with Gasteiger partial charge in [-0.15, -0.1) is 0 Å². The highest BCUT2D eigenvalue weighted by Gasteiger charge is 2.25. The van der Waals surface area contributed by atoms with E-state index in [-0.39, 0.29) is 13.0 Å². The van der Waals surface area contributed by atoms with Crippen molar-refractivity contribution in [1.29, 1.82) is 0 Å². The SMILES string of the molecule is C=CC(=O)OC(C)N(CCC(=O)OC)C(C)OC(=O)C=C. The zero-order valence-electron chi connectivity index (χ0n) is 12.5. The van der Waals surface area contributed by atoms with Gasteiger partial charge in [-0.25, -0.2) is 14.5 Å². The van der Waals surface area contributed by atoms with Gasteiger partial charge in [0.15, 0.2) is 12.5 Å². The highest BCUT2D eigenvalue weighted by atomic mass is 16.6. The van der Waals surface area contributed by atoms with Crippen LogP contribution in [0.1, 0.15) is 20.3 Å². The van der Waals surface area contributed by atoms with E-state index in [4.69, 9.17) is 9.47 Å². The molecular formula is C14H21NO6. The summed E-state index contributed by atoms with van der Waals surface area (Å²) in [4.78, 5) is 35.2. The number of rotatable bonds is 9. The van der Waals surface area contributed by atoms with Crippen molar-refractivity contribution in [2.45, 2.75) is 32.7 Å². The average molecular weight is 299 g/mol. The fraction of sp³-hybridized carbons (Fsp3) is 0.500. The maximum atomic E-state index is 11.2. The first-order valence-electron chi connectivity index (χ1n) is 6.34. The minimum absolute atomic E-state index is 0.0580. The average Bonchev–Trinajstić information content (AvgIpc) is 2.46. The van der Waals surface area contributed by atoms with Gasteiger partial charge in [-0.3, -0.25) is 4.79 Å². The third kappa shape index (κ3) is 7.26. The van der Waals surface area contributed by atoms with Crippen molar-refractivity contribution in [2.24, 2.45) is 0 Å². The number of ether oxygens (including phenoxy) is 3. The molecule has 0 amide bonds. The lowest BCUT2D eigenvalue weighted by Gasteiger charge is -2.32. The van der Waals surface area contributed by atoms with Crippen molar-refractivity contribution in [3.63, 3.8) is 0 Å². The first-order valence-corrected chi connectivity index (χ1v) is 6.34. The Morgan fingerprint density at radius 2 is 1.48 bits per heavy atom. The first-order chi connectivity index (χ1) is 9.85. The second-order valence-corrected chi connectivity index (χ2v) is 4.04. The van der Waals surface area contributed by atoms with Gasteiger partial charge in [0.25, 0.3) is 0 Å². The summed E-state index contributed by atoms with van der Waals surface area (Å²) >= 11 is 0. The molecule has 0 rings (SSSR count). The molecular weight excluding hydrogens is 278 g/mol. The van der Waals surface area contributed by atoms with E-state index in [9.17, 15) is 14.4 Å². The Morgan fingerprint density at radius 3 is 1.81 bits per heavy atom. The summed E-state index contributed by atoms with van der Waals surface area (Å²) in [5.74, 6) is -1.66. The topological polar surface area (TPSA) is 82.1 Å². The van der Waals surface area contributed by atoms with Crippen molar-refractivity contribution in [3.05, 3.63) is 25.3 Å². The standard InChI is InChI=1S/C14H21NO6/c1-6-12(16)20-10(3)15(9-8-14(18)19-5)11(4)21-13(17)7-2/h6-7,10-11H,1-2,8-9H2,3-5H3. The first kappa shape index (κ1) is 18.9. The van der Waals surface area contributed by atoms with Crippen molar-refractivity contribution in [2.75, 3.05) is 13.7 Å². The van der Waals surface area contributed by atoms with E-state index in [0.717, 1.165) is 12.2 Å². The third-order valence-corrected chi connectivity index (χ3v) is 2.64. The normalized spacial score (nSPS) is 13.0. The minimum atomic E-state index is -0.715. The van der Waals surface area contributed by atoms with Gasteiger partial charge in [0.1, 0.15) is 0 Å². The van der Waals surface area contributed by atoms with Crippen LogP contribution < -0.4 is 0 Å². The monoisotopic (exact) mass is 299 g/mol. The molecule has 7 nitrogen and oxygen atoms in total. The van der Waals surface area contributed by atoms with Crippen molar-refractivity contribution < 1.29 is 28.6 Å². The van der Waals surface area contributed by atoms with E-state index in [1.807, 2.05) is 0 Å². The number of carbonyl (C=O) groups excluding carboxylic acids is 3. The number of nitrogens with zero attached hydrogens (tertiary/aromatic N) is 1. The molecule has 0 radical (unpaired) electrons. The fourth-order valence-electron chi connectivity index (χ4n) is 1.55. The van der Waals surface area contributed by atoms with E-state index in [0.29, 0.717) is 0 Å². The molecule has 0 saturated carbocycles. The number of esters is 3. The number of hydrogen-bond acceptors (Lipinski definition) is 7. The summed E-state index contributed by atoms with van der Waals surface area (Å²) < 4.78 is 14.7. The van der Waals surface area contributed by atoms with Crippen molar-refractivity contribution in [1.82, 2.24) is 4.90 Å². The van der Waals surface area contributed by atoms with Crippen molar-refractivity contribution >= 4 is 17.9 Å². The molecule has 0 N–H and O–H groups in total. The highest BCUT2D eigenvalue weighted by Crippen LogP contribution is 2.11. The van der Waals surface area contributed by atoms with Crippen LogP contribution in [0.3, 0.4) is 0 Å². The Morgan fingerprint density at radius 1 is 1.05 bits per heavy atom. The molecule has 118 valence electrons. The molecule has 0 aliphatic carbocycles. The molecule has 0 saturated heterocycles. The lowest BCUT2D eigenvalue weighted by Crippen LogP contribution is -2.45. The van der Waals surface area contributed by atoms with Gasteiger partial charge in [0.2, 0.25) is 0 Å². The molecule has 0 heterocycles. The molecule has 0 aromatic heterocycles. The largest absolute Gasteiger partial charge is 0.469 e. The number of carbonyl (C=O) groups is 3. The Bertz CT molecular complexity index is 378. The summed E-state index contributed by atoms with van der Waals surface area (Å²) in [6.07, 6.45) is 0.674. The van der Waals surface area contributed by atoms with Crippen LogP contribution >= 0.6 is 0 Å². The van der Waals surface area contributed by atoms with Crippen LogP contribution in [0.5, 0.6) is 0 Å². The molecule has 0 aromatic rings. The van der Waals surface area contributed by atoms with E-state index in [2.05, 4.69) is 17.9 Å². The van der Waals surface area contributed by atoms with Crippen LogP contribution in [0.4, 0.5) is 0 Å². The van der Waals surface area contributed by atoms with Gasteiger partial charge < -0.3 is 14.2 Å². The van der Waals surface area contributed by atoms with Gasteiger partial charge in [0, 0.05) is 18.7 Å². The summed E-state index contributed by atoms with van der Waals surface area (Å²) in [6.45, 7) is 9.98. The van der Waals surface area contributed by atoms with Gasteiger partial charge >= 0.3 is 17.9 Å². The van der Waals surface area contributed by atoms with Gasteiger partial charge in [0.05, 0.1) is 13.5 Å². The smallest absolute Gasteiger partial charge is 0.331 e. The van der Waals surface area contributed by atoms with Crippen LogP contribution in [-0.2, 0) is 28.6 Å². The molecule has 0 spiro atoms. The predicted octanol–water partition coefficient (Wildman–Crippen LogP) is 1.00. The zero-order chi connectivity index (χ0) is 16.4. The molecule has 0 aliphatic rings. The fourth-order valence-corrected chi connectivity index (χ4v) is 1.55. The summed E-state index contributed by atoms with van der Waals surface area (Å²) in [5.41, 5.74) is 0. The summed E-state index contributed by atoms with van der Waals surface area (Å²) in [5, 5.41) is 0. The molecule has 21 heavy (non-hydrogen) atoms. The number of methoxy groups -OCH3 is 1. The van der Waals surface area contributed by atoms with Crippen LogP contribution in [0.2, 0.25) is 0 Å². The Kier molecular flexibility index (Phi) is 8.71. The highest BCUT2D eigenvalue weighted by molar-refractivity contribution is 5.81. The van der Waals surface area contributed by atoms with Gasteiger partial charge in [-0.05, 0) is 13.8 Å². The van der Waals surface area contributed by atoms with E-state index in [1.54, 1.807) is 13.8 Å². The Balaban J connectivity index is 4.83. The lowest BCUT2D eigenvalue weighted by molar-refractivity contribution is -0.174. The second kappa shape index (κ2) is 9.71. The van der Waals surface area contributed by atoms with Gasteiger partial charge in [-0.2, -0.15) is 0 Å². The van der Waals surface area contributed by atoms with E-state index < -0.39 is 30.4 Å². The maximum Gasteiger partial charge on any atom is 0.331 e. The van der Waals surface area contributed by atoms with Crippen LogP contribution in [0, 0.1) is 0 Å². The van der Waals surface area contributed by atoms with E-state index >= 15 is 0 Å². The molecule has 2 unspecified atom stereocenters. The lowest BCUT2D eigenvalue weighted by atomic mass is 10.3.